The molecule has 4 nitrogen and oxygen atoms in total. The van der Waals surface area contributed by atoms with Gasteiger partial charge in [-0.1, -0.05) is 0 Å². The molecule has 0 aromatic carbocycles. The fourth-order valence-corrected chi connectivity index (χ4v) is 2.70. The summed E-state index contributed by atoms with van der Waals surface area (Å²) < 4.78 is 12.3. The predicted octanol–water partition coefficient (Wildman–Crippen LogP) is 2.53. The second kappa shape index (κ2) is 4.92. The first-order valence-corrected chi connectivity index (χ1v) is 6.47. The number of hydrogen-bond donors (Lipinski definition) is 1. The Balaban J connectivity index is 1.78. The van der Waals surface area contributed by atoms with Crippen LogP contribution in [0.3, 0.4) is 0 Å². The highest BCUT2D eigenvalue weighted by Gasteiger charge is 2.21. The molecule has 0 spiro atoms. The van der Waals surface area contributed by atoms with Crippen molar-refractivity contribution in [1.82, 2.24) is 15.0 Å². The predicted molar refractivity (Wildman–Crippen MR) is 69.4 cm³/mol. The van der Waals surface area contributed by atoms with Gasteiger partial charge in [0.15, 0.2) is 0 Å². The van der Waals surface area contributed by atoms with Crippen molar-refractivity contribution < 1.29 is 4.39 Å². The van der Waals surface area contributed by atoms with Crippen LogP contribution in [0.2, 0.25) is 0 Å². The fraction of sp³-hybridized carbons (Fsp3) is 0.538. The van der Waals surface area contributed by atoms with Crippen molar-refractivity contribution in [2.75, 3.05) is 24.7 Å². The van der Waals surface area contributed by atoms with E-state index in [1.54, 1.807) is 6.33 Å². The maximum atomic E-state index is 12.3. The highest BCUT2D eigenvalue weighted by Crippen LogP contribution is 2.27. The van der Waals surface area contributed by atoms with Crippen LogP contribution in [0, 0.1) is 5.92 Å². The van der Waals surface area contributed by atoms with Crippen LogP contribution in [0.5, 0.6) is 0 Å². The highest BCUT2D eigenvalue weighted by molar-refractivity contribution is 5.87. The molecule has 0 saturated carbocycles. The van der Waals surface area contributed by atoms with E-state index in [4.69, 9.17) is 0 Å². The Kier molecular flexibility index (Phi) is 3.13. The first-order valence-electron chi connectivity index (χ1n) is 6.47. The summed E-state index contributed by atoms with van der Waals surface area (Å²) in [4.78, 5) is 14.0. The molecule has 3 rings (SSSR count). The van der Waals surface area contributed by atoms with Crippen LogP contribution in [-0.4, -0.2) is 34.7 Å². The first kappa shape index (κ1) is 11.4. The molecule has 0 aliphatic carbocycles. The van der Waals surface area contributed by atoms with E-state index in [2.05, 4.69) is 19.9 Å². The van der Waals surface area contributed by atoms with Gasteiger partial charge in [-0.2, -0.15) is 0 Å². The molecule has 18 heavy (non-hydrogen) atoms. The van der Waals surface area contributed by atoms with Crippen molar-refractivity contribution in [3.8, 4) is 0 Å². The third-order valence-electron chi connectivity index (χ3n) is 3.76. The number of nitrogens with zero attached hydrogens (tertiary/aromatic N) is 3. The number of aromatic nitrogens is 3. The lowest BCUT2D eigenvalue weighted by Gasteiger charge is -2.32. The minimum Gasteiger partial charge on any atom is -0.356 e. The average molecular weight is 248 g/mol. The second-order valence-corrected chi connectivity index (χ2v) is 4.85. The molecule has 2 aromatic rings. The third kappa shape index (κ3) is 2.05. The normalized spacial score (nSPS) is 17.5. The molecule has 0 atom stereocenters. The monoisotopic (exact) mass is 248 g/mol. The first-order chi connectivity index (χ1) is 8.88. The van der Waals surface area contributed by atoms with Gasteiger partial charge in [-0.05, 0) is 31.2 Å². The zero-order valence-corrected chi connectivity index (χ0v) is 10.3. The number of H-pyrrole nitrogens is 1. The number of halogens is 1. The maximum absolute atomic E-state index is 12.3. The molecule has 5 heteroatoms. The molecule has 1 N–H and O–H groups in total. The Labute approximate surface area is 105 Å². The van der Waals surface area contributed by atoms with Gasteiger partial charge >= 0.3 is 0 Å². The number of nitrogens with one attached hydrogen (secondary N) is 1. The largest absolute Gasteiger partial charge is 0.356 e. The van der Waals surface area contributed by atoms with E-state index in [1.165, 1.54) is 0 Å². The summed E-state index contributed by atoms with van der Waals surface area (Å²) in [7, 11) is 0. The van der Waals surface area contributed by atoms with Gasteiger partial charge in [0.2, 0.25) is 0 Å². The maximum Gasteiger partial charge on any atom is 0.142 e. The molecular formula is C13H17FN4. The molecule has 0 bridgehead atoms. The second-order valence-electron chi connectivity index (χ2n) is 4.85. The minimum atomic E-state index is -0.194. The summed E-state index contributed by atoms with van der Waals surface area (Å²) in [6, 6.07) is 2.01. The standard InChI is InChI=1S/C13H17FN4/c14-5-1-10-3-7-18(8-4-10)13-11-2-6-15-12(11)16-9-17-13/h2,6,9-10H,1,3-5,7-8H2,(H,15,16,17). The molecule has 2 aromatic heterocycles. The number of anilines is 1. The van der Waals surface area contributed by atoms with Gasteiger partial charge in [-0.15, -0.1) is 0 Å². The van der Waals surface area contributed by atoms with Crippen molar-refractivity contribution in [3.05, 3.63) is 18.6 Å². The lowest BCUT2D eigenvalue weighted by atomic mass is 9.94. The quantitative estimate of drug-likeness (QED) is 0.907. The molecule has 1 saturated heterocycles. The number of aromatic amines is 1. The van der Waals surface area contributed by atoms with Crippen LogP contribution in [0.1, 0.15) is 19.3 Å². The van der Waals surface area contributed by atoms with Crippen molar-refractivity contribution in [1.29, 1.82) is 0 Å². The van der Waals surface area contributed by atoms with E-state index in [0.29, 0.717) is 12.3 Å². The van der Waals surface area contributed by atoms with E-state index in [9.17, 15) is 4.39 Å². The van der Waals surface area contributed by atoms with Crippen LogP contribution in [0.4, 0.5) is 10.2 Å². The fourth-order valence-electron chi connectivity index (χ4n) is 2.70. The van der Waals surface area contributed by atoms with Crippen molar-refractivity contribution in [2.45, 2.75) is 19.3 Å². The molecule has 1 fully saturated rings. The Bertz CT molecular complexity index is 516. The number of alkyl halides is 1. The summed E-state index contributed by atoms with van der Waals surface area (Å²) in [6.45, 7) is 1.73. The Morgan fingerprint density at radius 3 is 2.94 bits per heavy atom. The number of rotatable bonds is 3. The van der Waals surface area contributed by atoms with Crippen LogP contribution >= 0.6 is 0 Å². The zero-order valence-electron chi connectivity index (χ0n) is 10.3. The summed E-state index contributed by atoms with van der Waals surface area (Å²) >= 11 is 0. The van der Waals surface area contributed by atoms with Gasteiger partial charge in [0, 0.05) is 19.3 Å². The van der Waals surface area contributed by atoms with Crippen molar-refractivity contribution in [2.24, 2.45) is 5.92 Å². The van der Waals surface area contributed by atoms with Gasteiger partial charge in [0.1, 0.15) is 17.8 Å². The van der Waals surface area contributed by atoms with Crippen LogP contribution < -0.4 is 4.90 Å². The molecule has 1 aliphatic rings. The molecule has 0 radical (unpaired) electrons. The molecule has 0 unspecified atom stereocenters. The van der Waals surface area contributed by atoms with E-state index in [1.807, 2.05) is 12.3 Å². The van der Waals surface area contributed by atoms with E-state index in [-0.39, 0.29) is 6.67 Å². The van der Waals surface area contributed by atoms with Gasteiger partial charge in [0.25, 0.3) is 0 Å². The minimum absolute atomic E-state index is 0.194. The molecule has 3 heterocycles. The molecule has 1 aliphatic heterocycles. The lowest BCUT2D eigenvalue weighted by molar-refractivity contribution is 0.332. The Morgan fingerprint density at radius 2 is 2.17 bits per heavy atom. The smallest absolute Gasteiger partial charge is 0.142 e. The van der Waals surface area contributed by atoms with Crippen LogP contribution in [-0.2, 0) is 0 Å². The number of piperidine rings is 1. The van der Waals surface area contributed by atoms with E-state index >= 15 is 0 Å². The number of hydrogen-bond acceptors (Lipinski definition) is 3. The number of fused-ring (bicyclic) bond motifs is 1. The van der Waals surface area contributed by atoms with Gasteiger partial charge in [-0.25, -0.2) is 9.97 Å². The van der Waals surface area contributed by atoms with Crippen molar-refractivity contribution in [3.63, 3.8) is 0 Å². The average Bonchev–Trinajstić information content (AvgIpc) is 2.88. The van der Waals surface area contributed by atoms with E-state index < -0.39 is 0 Å². The molecule has 0 amide bonds. The van der Waals surface area contributed by atoms with E-state index in [0.717, 1.165) is 42.8 Å². The lowest BCUT2D eigenvalue weighted by Crippen LogP contribution is -2.34. The molecule has 96 valence electrons. The zero-order chi connectivity index (χ0) is 12.4. The van der Waals surface area contributed by atoms with Gasteiger partial charge in [-0.3, -0.25) is 4.39 Å². The van der Waals surface area contributed by atoms with Crippen LogP contribution in [0.15, 0.2) is 18.6 Å². The van der Waals surface area contributed by atoms with Crippen LogP contribution in [0.25, 0.3) is 11.0 Å². The highest BCUT2D eigenvalue weighted by atomic mass is 19.1. The third-order valence-corrected chi connectivity index (χ3v) is 3.76. The summed E-state index contributed by atoms with van der Waals surface area (Å²) in [5, 5.41) is 1.07. The Hall–Kier alpha value is -1.65. The summed E-state index contributed by atoms with van der Waals surface area (Å²) in [5.41, 5.74) is 0.880. The summed E-state index contributed by atoms with van der Waals surface area (Å²) in [5.74, 6) is 1.54. The van der Waals surface area contributed by atoms with Gasteiger partial charge in [0.05, 0.1) is 12.1 Å². The van der Waals surface area contributed by atoms with Crippen molar-refractivity contribution >= 4 is 16.9 Å². The Morgan fingerprint density at radius 1 is 1.33 bits per heavy atom. The topological polar surface area (TPSA) is 44.8 Å². The molecular weight excluding hydrogens is 231 g/mol. The van der Waals surface area contributed by atoms with Gasteiger partial charge < -0.3 is 9.88 Å². The summed E-state index contributed by atoms with van der Waals surface area (Å²) in [6.07, 6.45) is 6.30. The SMILES string of the molecule is FCCC1CCN(c2ncnc3[nH]ccc23)CC1.